The molecule has 0 unspecified atom stereocenters. The maximum absolute atomic E-state index is 6.08. The van der Waals surface area contributed by atoms with Gasteiger partial charge in [-0.25, -0.2) is 0 Å². The van der Waals surface area contributed by atoms with Crippen LogP contribution in [-0.4, -0.2) is 37.6 Å². The third-order valence-electron chi connectivity index (χ3n) is 1.42. The summed E-state index contributed by atoms with van der Waals surface area (Å²) in [6, 6.07) is 0. The number of rotatable bonds is 0. The van der Waals surface area contributed by atoms with E-state index in [2.05, 4.69) is 0 Å². The van der Waals surface area contributed by atoms with Crippen molar-refractivity contribution in [3.8, 4) is 0 Å². The summed E-state index contributed by atoms with van der Waals surface area (Å²) in [6.45, 7) is 0. The molecule has 0 fully saturated rings. The Labute approximate surface area is 112 Å². The van der Waals surface area contributed by atoms with Crippen LogP contribution in [-0.2, 0) is 0 Å². The second-order valence-corrected chi connectivity index (χ2v) is 19.2. The monoisotopic (exact) mass is 452 g/mol. The molecule has 0 atom stereocenters. The van der Waals surface area contributed by atoms with Crippen molar-refractivity contribution in [3.63, 3.8) is 0 Å². The zero-order chi connectivity index (χ0) is 9.59. The molecule has 0 amide bonds. The van der Waals surface area contributed by atoms with Crippen LogP contribution in [0, 0.1) is 0 Å². The number of benzene rings is 1. The van der Waals surface area contributed by atoms with Crippen molar-refractivity contribution in [1.82, 2.24) is 0 Å². The molecule has 0 N–H and O–H groups in total. The third kappa shape index (κ3) is 1.95. The molecular formula is C6Cl4Se3. The molecule has 0 aliphatic carbocycles. The van der Waals surface area contributed by atoms with E-state index in [4.69, 9.17) is 46.4 Å². The Morgan fingerprint density at radius 3 is 1.38 bits per heavy atom. The Kier molecular flexibility index (Phi) is 3.90. The summed E-state index contributed by atoms with van der Waals surface area (Å²) in [4.78, 5) is 0. The maximum atomic E-state index is 6.08. The quantitative estimate of drug-likeness (QED) is 0.319. The summed E-state index contributed by atoms with van der Waals surface area (Å²) >= 11 is 25.7. The molecule has 1 heterocycles. The Morgan fingerprint density at radius 2 is 1.00 bits per heavy atom. The van der Waals surface area contributed by atoms with Crippen molar-refractivity contribution in [3.05, 3.63) is 20.1 Å². The molecule has 1 aromatic carbocycles. The zero-order valence-corrected chi connectivity index (χ0v) is 13.9. The predicted octanol–water partition coefficient (Wildman–Crippen LogP) is 1.51. The Hall–Kier alpha value is 1.94. The minimum atomic E-state index is 0.419. The van der Waals surface area contributed by atoms with E-state index < -0.39 is 0 Å². The fourth-order valence-corrected chi connectivity index (χ4v) is 24.3. The van der Waals surface area contributed by atoms with E-state index in [1.165, 1.54) is 8.92 Å². The van der Waals surface area contributed by atoms with Crippen molar-refractivity contribution in [2.24, 2.45) is 0 Å². The average Bonchev–Trinajstić information content (AvgIpc) is 2.59. The van der Waals surface area contributed by atoms with Crippen molar-refractivity contribution in [2.45, 2.75) is 0 Å². The molecule has 0 radical (unpaired) electrons. The topological polar surface area (TPSA) is 0 Å². The van der Waals surface area contributed by atoms with Crippen molar-refractivity contribution >= 4 is 92.9 Å². The standard InChI is InChI=1S/C6Cl4Se3/c7-1-2(8)4(10)6-5(3(1)9)11-13-12-6. The summed E-state index contributed by atoms with van der Waals surface area (Å²) in [5, 5.41) is 2.10. The average molecular weight is 451 g/mol. The van der Waals surface area contributed by atoms with Crippen LogP contribution in [0.4, 0.5) is 0 Å². The molecular weight excluding hydrogens is 451 g/mol. The summed E-state index contributed by atoms with van der Waals surface area (Å²) in [5.41, 5.74) is 0. The van der Waals surface area contributed by atoms with Crippen molar-refractivity contribution in [1.29, 1.82) is 0 Å². The van der Waals surface area contributed by atoms with Crippen LogP contribution in [0.25, 0.3) is 0 Å². The molecule has 0 nitrogen and oxygen atoms in total. The van der Waals surface area contributed by atoms with Crippen LogP contribution in [0.1, 0.15) is 0 Å². The van der Waals surface area contributed by atoms with Crippen LogP contribution in [0.15, 0.2) is 0 Å². The fourth-order valence-electron chi connectivity index (χ4n) is 0.825. The van der Waals surface area contributed by atoms with Gasteiger partial charge in [0.2, 0.25) is 0 Å². The molecule has 0 saturated carbocycles. The van der Waals surface area contributed by atoms with Gasteiger partial charge in [0, 0.05) is 0 Å². The first kappa shape index (κ1) is 11.4. The zero-order valence-electron chi connectivity index (χ0n) is 5.74. The van der Waals surface area contributed by atoms with E-state index in [9.17, 15) is 0 Å². The summed E-state index contributed by atoms with van der Waals surface area (Å²) in [5.74, 6) is 0. The fraction of sp³-hybridized carbons (Fsp3) is 0. The van der Waals surface area contributed by atoms with Crippen LogP contribution >= 0.6 is 46.4 Å². The van der Waals surface area contributed by atoms with Gasteiger partial charge in [-0.15, -0.1) is 0 Å². The number of hydrogen-bond donors (Lipinski definition) is 0. The van der Waals surface area contributed by atoms with Crippen LogP contribution < -0.4 is 8.92 Å². The van der Waals surface area contributed by atoms with E-state index in [0.717, 1.165) is 0 Å². The number of hydrogen-bond acceptors (Lipinski definition) is 0. The van der Waals surface area contributed by atoms with E-state index in [0.29, 0.717) is 57.7 Å². The summed E-state index contributed by atoms with van der Waals surface area (Å²) < 4.78 is 2.38. The SMILES string of the molecule is Clc1c(Cl)c(Cl)c2c(c1Cl)[Se][Se][Se]2. The van der Waals surface area contributed by atoms with Gasteiger partial charge < -0.3 is 0 Å². The van der Waals surface area contributed by atoms with Gasteiger partial charge in [0.05, 0.1) is 0 Å². The molecule has 13 heavy (non-hydrogen) atoms. The van der Waals surface area contributed by atoms with Gasteiger partial charge in [-0.05, 0) is 0 Å². The first-order valence-corrected chi connectivity index (χ1v) is 14.9. The number of halogens is 4. The third-order valence-corrected chi connectivity index (χ3v) is 19.9. The number of fused-ring (bicyclic) bond motifs is 1. The van der Waals surface area contributed by atoms with Gasteiger partial charge in [0.15, 0.2) is 0 Å². The molecule has 1 aromatic rings. The van der Waals surface area contributed by atoms with Gasteiger partial charge in [0.1, 0.15) is 0 Å². The summed E-state index contributed by atoms with van der Waals surface area (Å²) in [7, 11) is 0. The van der Waals surface area contributed by atoms with E-state index in [1.54, 1.807) is 0 Å². The normalized spacial score (nSPS) is 14.8. The Bertz CT molecular complexity index is 344. The van der Waals surface area contributed by atoms with Crippen molar-refractivity contribution in [2.75, 3.05) is 0 Å². The first-order valence-electron chi connectivity index (χ1n) is 3.00. The Morgan fingerprint density at radius 1 is 0.615 bits per heavy atom. The second kappa shape index (κ2) is 4.43. The van der Waals surface area contributed by atoms with Crippen LogP contribution in [0.2, 0.25) is 20.1 Å². The van der Waals surface area contributed by atoms with Crippen LogP contribution in [0.5, 0.6) is 0 Å². The molecule has 0 bridgehead atoms. The molecule has 7 heteroatoms. The molecule has 70 valence electrons. The molecule has 0 saturated heterocycles. The van der Waals surface area contributed by atoms with Crippen LogP contribution in [0.3, 0.4) is 0 Å². The molecule has 1 aliphatic heterocycles. The van der Waals surface area contributed by atoms with E-state index in [1.807, 2.05) is 0 Å². The molecule has 1 aliphatic rings. The second-order valence-electron chi connectivity index (χ2n) is 2.15. The predicted molar refractivity (Wildman–Crippen MR) is 63.0 cm³/mol. The molecule has 2 rings (SSSR count). The molecule has 0 spiro atoms. The van der Waals surface area contributed by atoms with Gasteiger partial charge in [0.25, 0.3) is 0 Å². The van der Waals surface area contributed by atoms with E-state index >= 15 is 0 Å². The van der Waals surface area contributed by atoms with Crippen molar-refractivity contribution < 1.29 is 0 Å². The van der Waals surface area contributed by atoms with Gasteiger partial charge in [-0.1, -0.05) is 0 Å². The Balaban J connectivity index is 2.77. The van der Waals surface area contributed by atoms with E-state index in [-0.39, 0.29) is 0 Å². The summed E-state index contributed by atoms with van der Waals surface area (Å²) in [6.07, 6.45) is 0. The van der Waals surface area contributed by atoms with Gasteiger partial charge >= 0.3 is 113 Å². The molecule has 0 aromatic heterocycles. The van der Waals surface area contributed by atoms with Gasteiger partial charge in [-0.3, -0.25) is 0 Å². The van der Waals surface area contributed by atoms with Gasteiger partial charge in [-0.2, -0.15) is 0 Å². The minimum absolute atomic E-state index is 0.419. The first-order chi connectivity index (χ1) is 6.13.